The van der Waals surface area contributed by atoms with E-state index in [-0.39, 0.29) is 42.5 Å². The van der Waals surface area contributed by atoms with Crippen molar-refractivity contribution >= 4 is 17.4 Å². The number of hydrogen-bond donors (Lipinski definition) is 2. The fraction of sp³-hybridized carbons (Fsp3) is 0.423. The SMILES string of the molecule is CC(C)CN(C(=O)CN1CCC[C@H]1c1cccn1C)c1c(N)n(Cc2ccccc2)c(=O)[nH]c1=O. The second-order valence-corrected chi connectivity index (χ2v) is 9.64. The molecule has 0 spiro atoms. The Morgan fingerprint density at radius 2 is 1.91 bits per heavy atom. The maximum atomic E-state index is 13.7. The van der Waals surface area contributed by atoms with Gasteiger partial charge in [-0.3, -0.25) is 24.0 Å². The average molecular weight is 479 g/mol. The molecule has 1 aromatic carbocycles. The summed E-state index contributed by atoms with van der Waals surface area (Å²) in [6.07, 6.45) is 3.98. The molecule has 9 heteroatoms. The van der Waals surface area contributed by atoms with Gasteiger partial charge in [0.15, 0.2) is 5.69 Å². The maximum absolute atomic E-state index is 13.7. The third-order valence-electron chi connectivity index (χ3n) is 6.54. The van der Waals surface area contributed by atoms with Crippen molar-refractivity contribution in [2.24, 2.45) is 13.0 Å². The number of amides is 1. The van der Waals surface area contributed by atoms with Gasteiger partial charge in [-0.2, -0.15) is 0 Å². The van der Waals surface area contributed by atoms with Gasteiger partial charge in [-0.05, 0) is 43.0 Å². The summed E-state index contributed by atoms with van der Waals surface area (Å²) in [6.45, 7) is 5.44. The number of nitrogens with one attached hydrogen (secondary N) is 1. The number of carbonyl (C=O) groups is 1. The second-order valence-electron chi connectivity index (χ2n) is 9.64. The molecule has 1 atom stereocenters. The minimum Gasteiger partial charge on any atom is -0.383 e. The fourth-order valence-electron chi connectivity index (χ4n) is 4.87. The van der Waals surface area contributed by atoms with Crippen LogP contribution < -0.4 is 21.9 Å². The summed E-state index contributed by atoms with van der Waals surface area (Å²) in [7, 11) is 2.01. The number of nitrogen functional groups attached to an aromatic ring is 1. The minimum atomic E-state index is -0.647. The number of aryl methyl sites for hydroxylation is 1. The van der Waals surface area contributed by atoms with Crippen LogP contribution in [-0.4, -0.2) is 44.6 Å². The van der Waals surface area contributed by atoms with Crippen molar-refractivity contribution in [2.75, 3.05) is 30.3 Å². The Morgan fingerprint density at radius 1 is 1.17 bits per heavy atom. The molecule has 186 valence electrons. The molecule has 3 aromatic rings. The summed E-state index contributed by atoms with van der Waals surface area (Å²) in [4.78, 5) is 45.3. The van der Waals surface area contributed by atoms with Gasteiger partial charge in [0.1, 0.15) is 5.82 Å². The second kappa shape index (κ2) is 10.4. The highest BCUT2D eigenvalue weighted by Crippen LogP contribution is 2.32. The van der Waals surface area contributed by atoms with Crippen LogP contribution in [-0.2, 0) is 18.4 Å². The molecule has 35 heavy (non-hydrogen) atoms. The largest absolute Gasteiger partial charge is 0.383 e. The van der Waals surface area contributed by atoms with Crippen LogP contribution in [0.2, 0.25) is 0 Å². The predicted octanol–water partition coefficient (Wildman–Crippen LogP) is 2.33. The van der Waals surface area contributed by atoms with E-state index >= 15 is 0 Å². The van der Waals surface area contributed by atoms with Crippen LogP contribution in [0.3, 0.4) is 0 Å². The summed E-state index contributed by atoms with van der Waals surface area (Å²) in [5.74, 6) is -0.117. The molecule has 0 saturated carbocycles. The molecule has 1 saturated heterocycles. The van der Waals surface area contributed by atoms with Crippen molar-refractivity contribution in [3.05, 3.63) is 80.8 Å². The van der Waals surface area contributed by atoms with E-state index < -0.39 is 11.2 Å². The highest BCUT2D eigenvalue weighted by Gasteiger charge is 2.32. The number of hydrogen-bond acceptors (Lipinski definition) is 5. The highest BCUT2D eigenvalue weighted by molar-refractivity contribution is 5.97. The van der Waals surface area contributed by atoms with Gasteiger partial charge < -0.3 is 15.2 Å². The van der Waals surface area contributed by atoms with E-state index in [9.17, 15) is 14.4 Å². The Labute approximate surface area is 204 Å². The molecule has 9 nitrogen and oxygen atoms in total. The van der Waals surface area contributed by atoms with Crippen LogP contribution >= 0.6 is 0 Å². The van der Waals surface area contributed by atoms with E-state index in [4.69, 9.17) is 5.73 Å². The molecule has 1 aliphatic rings. The molecular formula is C26H34N6O3. The molecule has 2 aromatic heterocycles. The van der Waals surface area contributed by atoms with Gasteiger partial charge in [0.05, 0.1) is 19.1 Å². The lowest BCUT2D eigenvalue weighted by Crippen LogP contribution is -2.46. The Balaban J connectivity index is 1.67. The standard InChI is InChI=1S/C26H34N6O3/c1-18(2)15-31(22(33)17-30-14-8-12-21(30)20-11-7-13-29(20)3)23-24(27)32(26(35)28-25(23)34)16-19-9-5-4-6-10-19/h4-7,9-11,13,18,21H,8,12,14-17,27H2,1-3H3,(H,28,34,35)/t21-/m0/s1. The number of nitrogens with zero attached hydrogens (tertiary/aromatic N) is 4. The van der Waals surface area contributed by atoms with Crippen LogP contribution in [0.5, 0.6) is 0 Å². The monoisotopic (exact) mass is 478 g/mol. The zero-order valence-electron chi connectivity index (χ0n) is 20.6. The topological polar surface area (TPSA) is 109 Å². The Kier molecular flexibility index (Phi) is 7.25. The number of anilines is 2. The molecule has 1 fully saturated rings. The lowest BCUT2D eigenvalue weighted by molar-refractivity contribution is -0.120. The number of H-pyrrole nitrogens is 1. The summed E-state index contributed by atoms with van der Waals surface area (Å²) >= 11 is 0. The van der Waals surface area contributed by atoms with Gasteiger partial charge in [-0.15, -0.1) is 0 Å². The van der Waals surface area contributed by atoms with Crippen molar-refractivity contribution < 1.29 is 4.79 Å². The number of likely N-dealkylation sites (tertiary alicyclic amines) is 1. The van der Waals surface area contributed by atoms with Crippen LogP contribution in [0.4, 0.5) is 11.5 Å². The number of carbonyl (C=O) groups excluding carboxylic acids is 1. The number of nitrogens with two attached hydrogens (primary N) is 1. The number of aromatic nitrogens is 3. The first-order chi connectivity index (χ1) is 16.8. The molecular weight excluding hydrogens is 444 g/mol. The number of benzene rings is 1. The highest BCUT2D eigenvalue weighted by atomic mass is 16.2. The molecule has 0 unspecified atom stereocenters. The van der Waals surface area contributed by atoms with Crippen LogP contribution in [0, 0.1) is 5.92 Å². The molecule has 0 bridgehead atoms. The van der Waals surface area contributed by atoms with Gasteiger partial charge in [0.2, 0.25) is 5.91 Å². The number of aromatic amines is 1. The lowest BCUT2D eigenvalue weighted by Gasteiger charge is -2.30. The lowest BCUT2D eigenvalue weighted by atomic mass is 10.1. The summed E-state index contributed by atoms with van der Waals surface area (Å²) < 4.78 is 3.40. The average Bonchev–Trinajstić information content (AvgIpc) is 3.44. The molecule has 3 N–H and O–H groups in total. The van der Waals surface area contributed by atoms with E-state index in [2.05, 4.69) is 20.5 Å². The first-order valence-electron chi connectivity index (χ1n) is 12.1. The van der Waals surface area contributed by atoms with Crippen LogP contribution in [0.25, 0.3) is 0 Å². The van der Waals surface area contributed by atoms with Gasteiger partial charge in [-0.1, -0.05) is 44.2 Å². The van der Waals surface area contributed by atoms with Crippen LogP contribution in [0.1, 0.15) is 44.0 Å². The summed E-state index contributed by atoms with van der Waals surface area (Å²) in [5.41, 5.74) is 7.23. The third kappa shape index (κ3) is 5.24. The van der Waals surface area contributed by atoms with Gasteiger partial charge in [-0.25, -0.2) is 4.79 Å². The van der Waals surface area contributed by atoms with Crippen molar-refractivity contribution in [3.63, 3.8) is 0 Å². The minimum absolute atomic E-state index is 0.00277. The molecule has 1 amide bonds. The quantitative estimate of drug-likeness (QED) is 0.517. The van der Waals surface area contributed by atoms with Crippen molar-refractivity contribution in [2.45, 2.75) is 39.3 Å². The van der Waals surface area contributed by atoms with Crippen LogP contribution in [0.15, 0.2) is 58.3 Å². The molecule has 1 aliphatic heterocycles. The summed E-state index contributed by atoms with van der Waals surface area (Å²) in [5, 5.41) is 0. The third-order valence-corrected chi connectivity index (χ3v) is 6.54. The van der Waals surface area contributed by atoms with E-state index in [1.54, 1.807) is 0 Å². The van der Waals surface area contributed by atoms with E-state index in [0.29, 0.717) is 6.54 Å². The fourth-order valence-corrected chi connectivity index (χ4v) is 4.87. The zero-order valence-corrected chi connectivity index (χ0v) is 20.6. The van der Waals surface area contributed by atoms with E-state index in [1.165, 1.54) is 15.2 Å². The van der Waals surface area contributed by atoms with Gasteiger partial charge in [0.25, 0.3) is 5.56 Å². The van der Waals surface area contributed by atoms with Crippen molar-refractivity contribution in [3.8, 4) is 0 Å². The Bertz CT molecular complexity index is 1290. The smallest absolute Gasteiger partial charge is 0.330 e. The van der Waals surface area contributed by atoms with Crippen molar-refractivity contribution in [1.82, 2.24) is 19.0 Å². The van der Waals surface area contributed by atoms with E-state index in [1.807, 2.05) is 63.5 Å². The summed E-state index contributed by atoms with van der Waals surface area (Å²) in [6, 6.07) is 13.6. The maximum Gasteiger partial charge on any atom is 0.330 e. The number of rotatable bonds is 8. The molecule has 0 radical (unpaired) electrons. The Hall–Kier alpha value is -3.59. The molecule has 4 rings (SSSR count). The van der Waals surface area contributed by atoms with E-state index in [0.717, 1.165) is 24.9 Å². The molecule has 3 heterocycles. The predicted molar refractivity (Wildman–Crippen MR) is 137 cm³/mol. The molecule has 0 aliphatic carbocycles. The zero-order chi connectivity index (χ0) is 25.1. The van der Waals surface area contributed by atoms with Gasteiger partial charge >= 0.3 is 5.69 Å². The normalized spacial score (nSPS) is 16.2. The first-order valence-corrected chi connectivity index (χ1v) is 12.1. The van der Waals surface area contributed by atoms with Crippen molar-refractivity contribution in [1.29, 1.82) is 0 Å². The Morgan fingerprint density at radius 3 is 2.57 bits per heavy atom. The van der Waals surface area contributed by atoms with Gasteiger partial charge in [0, 0.05) is 25.5 Å². The first kappa shape index (κ1) is 24.5.